The van der Waals surface area contributed by atoms with Crippen molar-refractivity contribution < 1.29 is 44.2 Å². The molecule has 2 aliphatic heterocycles. The van der Waals surface area contributed by atoms with Gasteiger partial charge in [-0.25, -0.2) is 0 Å². The van der Waals surface area contributed by atoms with E-state index in [0.29, 0.717) is 0 Å². The van der Waals surface area contributed by atoms with Gasteiger partial charge in [0, 0.05) is 18.8 Å². The number of epoxide rings is 1. The number of hydrogen-bond acceptors (Lipinski definition) is 9. The number of esters is 2. The fourth-order valence-corrected chi connectivity index (χ4v) is 5.01. The third-order valence-electron chi connectivity index (χ3n) is 7.64. The molecule has 2 rings (SSSR count). The van der Waals surface area contributed by atoms with E-state index in [1.807, 2.05) is 39.0 Å². The Morgan fingerprint density at radius 1 is 1.23 bits per heavy atom. The maximum Gasteiger partial charge on any atom is 0.309 e. The highest BCUT2D eigenvalue weighted by molar-refractivity contribution is 5.70. The van der Waals surface area contributed by atoms with Gasteiger partial charge in [-0.15, -0.1) is 0 Å². The second-order valence-corrected chi connectivity index (χ2v) is 11.7. The van der Waals surface area contributed by atoms with E-state index in [1.54, 1.807) is 26.0 Å². The van der Waals surface area contributed by atoms with Crippen molar-refractivity contribution >= 4 is 11.9 Å². The van der Waals surface area contributed by atoms with Gasteiger partial charge in [-0.05, 0) is 57.6 Å². The standard InChI is InChI=1S/C30H48O9/c1-17(15-24-29(38-24)20(4)27(35)21(5)31)9-8-10-18(2)28-19(3)11-12-25(37-22(6)32)30(7,36)14-13-23(33)16-26(34)39-28/h8-12,17,19-21,23-25,27-29,31,33,35-36H,13-16H2,1-7H3/b9-8+,12-11+,18-10+/t17-,19-,20+,21-,23+,24+,25-,27+,28-,29+,30-/m0/s1. The lowest BCUT2D eigenvalue weighted by Crippen LogP contribution is -2.42. The summed E-state index contributed by atoms with van der Waals surface area (Å²) in [7, 11) is 0. The maximum absolute atomic E-state index is 12.6. The van der Waals surface area contributed by atoms with Gasteiger partial charge in [0.05, 0.1) is 36.9 Å². The van der Waals surface area contributed by atoms with Gasteiger partial charge in [-0.1, -0.05) is 45.1 Å². The van der Waals surface area contributed by atoms with Crippen molar-refractivity contribution in [2.24, 2.45) is 17.8 Å². The molecule has 2 aliphatic rings. The topological polar surface area (TPSA) is 146 Å². The molecule has 1 fully saturated rings. The molecule has 11 atom stereocenters. The second kappa shape index (κ2) is 14.6. The first kappa shape index (κ1) is 33.2. The Bertz CT molecular complexity index is 906. The predicted molar refractivity (Wildman–Crippen MR) is 146 cm³/mol. The van der Waals surface area contributed by atoms with Crippen LogP contribution >= 0.6 is 0 Å². The fourth-order valence-electron chi connectivity index (χ4n) is 5.01. The minimum Gasteiger partial charge on any atom is -0.457 e. The summed E-state index contributed by atoms with van der Waals surface area (Å²) in [5.74, 6) is -1.32. The van der Waals surface area contributed by atoms with Crippen LogP contribution in [0.25, 0.3) is 0 Å². The van der Waals surface area contributed by atoms with Crippen LogP contribution in [-0.2, 0) is 23.8 Å². The summed E-state index contributed by atoms with van der Waals surface area (Å²) in [6.07, 6.45) is 5.87. The van der Waals surface area contributed by atoms with Crippen LogP contribution < -0.4 is 0 Å². The van der Waals surface area contributed by atoms with Crippen LogP contribution in [0.15, 0.2) is 36.0 Å². The van der Waals surface area contributed by atoms with Crippen LogP contribution in [0.5, 0.6) is 0 Å². The van der Waals surface area contributed by atoms with E-state index in [9.17, 15) is 30.0 Å². The molecule has 0 radical (unpaired) electrons. The lowest BCUT2D eigenvalue weighted by atomic mass is 9.88. The Hall–Kier alpha value is -2.04. The van der Waals surface area contributed by atoms with Crippen molar-refractivity contribution in [1.29, 1.82) is 0 Å². The predicted octanol–water partition coefficient (Wildman–Crippen LogP) is 2.99. The molecule has 0 spiro atoms. The summed E-state index contributed by atoms with van der Waals surface area (Å²) in [5.41, 5.74) is -0.623. The van der Waals surface area contributed by atoms with Crippen LogP contribution in [-0.4, -0.2) is 80.7 Å². The fraction of sp³-hybridized carbons (Fsp3) is 0.733. The normalized spacial score (nSPS) is 36.6. The van der Waals surface area contributed by atoms with Crippen LogP contribution in [0.4, 0.5) is 0 Å². The summed E-state index contributed by atoms with van der Waals surface area (Å²) >= 11 is 0. The Morgan fingerprint density at radius 3 is 2.51 bits per heavy atom. The van der Waals surface area contributed by atoms with Crippen molar-refractivity contribution in [2.45, 2.75) is 122 Å². The molecule has 0 aromatic heterocycles. The van der Waals surface area contributed by atoms with E-state index in [4.69, 9.17) is 14.2 Å². The molecule has 222 valence electrons. The summed E-state index contributed by atoms with van der Waals surface area (Å²) in [6, 6.07) is 0. The van der Waals surface area contributed by atoms with Crippen LogP contribution in [0.1, 0.15) is 74.1 Å². The molecule has 9 heteroatoms. The first-order valence-electron chi connectivity index (χ1n) is 13.9. The number of ether oxygens (including phenoxy) is 3. The Kier molecular flexibility index (Phi) is 12.4. The van der Waals surface area contributed by atoms with Crippen molar-refractivity contribution in [2.75, 3.05) is 0 Å². The number of cyclic esters (lactones) is 1. The molecule has 0 saturated carbocycles. The van der Waals surface area contributed by atoms with Crippen molar-refractivity contribution in [1.82, 2.24) is 0 Å². The summed E-state index contributed by atoms with van der Waals surface area (Å²) < 4.78 is 16.9. The van der Waals surface area contributed by atoms with E-state index in [-0.39, 0.29) is 49.2 Å². The maximum atomic E-state index is 12.6. The number of aliphatic hydroxyl groups is 4. The van der Waals surface area contributed by atoms with Gasteiger partial charge >= 0.3 is 11.9 Å². The van der Waals surface area contributed by atoms with E-state index >= 15 is 0 Å². The van der Waals surface area contributed by atoms with E-state index in [1.165, 1.54) is 6.92 Å². The van der Waals surface area contributed by atoms with Gasteiger partial charge in [-0.2, -0.15) is 0 Å². The third-order valence-corrected chi connectivity index (χ3v) is 7.64. The summed E-state index contributed by atoms with van der Waals surface area (Å²) in [5, 5.41) is 41.0. The van der Waals surface area contributed by atoms with E-state index in [2.05, 4.69) is 6.92 Å². The number of rotatable bonds is 9. The van der Waals surface area contributed by atoms with Gasteiger partial charge in [0.15, 0.2) is 0 Å². The zero-order valence-corrected chi connectivity index (χ0v) is 24.3. The summed E-state index contributed by atoms with van der Waals surface area (Å²) in [4.78, 5) is 24.3. The molecule has 0 unspecified atom stereocenters. The molecule has 0 aromatic rings. The van der Waals surface area contributed by atoms with Gasteiger partial charge in [0.25, 0.3) is 0 Å². The smallest absolute Gasteiger partial charge is 0.309 e. The highest BCUT2D eigenvalue weighted by Gasteiger charge is 2.46. The number of carbonyl (C=O) groups excluding carboxylic acids is 2. The molecule has 0 bridgehead atoms. The molecular weight excluding hydrogens is 504 g/mol. The first-order valence-corrected chi connectivity index (χ1v) is 13.9. The van der Waals surface area contributed by atoms with Gasteiger partial charge in [-0.3, -0.25) is 9.59 Å². The van der Waals surface area contributed by atoms with Crippen LogP contribution in [0, 0.1) is 17.8 Å². The SMILES string of the molecule is CC(=O)O[C@H]1/C=C/[C@H](C)[C@H](/C(C)=C/C=C/[C@H](C)C[C@H]2O[C@@H]2[C@H](C)[C@@H](O)[C@H](C)O)OC(=O)C[C@H](O)CC[C@]1(C)O. The molecular formula is C30H48O9. The van der Waals surface area contributed by atoms with Crippen LogP contribution in [0.2, 0.25) is 0 Å². The van der Waals surface area contributed by atoms with Crippen LogP contribution in [0.3, 0.4) is 0 Å². The van der Waals surface area contributed by atoms with Crippen molar-refractivity contribution in [3.05, 3.63) is 36.0 Å². The highest BCUT2D eigenvalue weighted by atomic mass is 16.6. The first-order chi connectivity index (χ1) is 18.1. The largest absolute Gasteiger partial charge is 0.457 e. The number of allylic oxidation sites excluding steroid dienone is 3. The highest BCUT2D eigenvalue weighted by Crippen LogP contribution is 2.36. The van der Waals surface area contributed by atoms with Crippen molar-refractivity contribution in [3.8, 4) is 0 Å². The minimum absolute atomic E-state index is 0.0318. The number of carbonyl (C=O) groups is 2. The molecule has 1 saturated heterocycles. The zero-order valence-electron chi connectivity index (χ0n) is 24.3. The molecule has 2 heterocycles. The van der Waals surface area contributed by atoms with E-state index < -0.39 is 48.1 Å². The molecule has 0 aliphatic carbocycles. The molecule has 0 aromatic carbocycles. The average Bonchev–Trinajstić information content (AvgIpc) is 3.60. The lowest BCUT2D eigenvalue weighted by Gasteiger charge is -2.32. The Labute approximate surface area is 232 Å². The van der Waals surface area contributed by atoms with Gasteiger partial charge in [0.2, 0.25) is 0 Å². The third kappa shape index (κ3) is 10.5. The number of hydrogen-bond donors (Lipinski definition) is 4. The molecule has 4 N–H and O–H groups in total. The quantitative estimate of drug-likeness (QED) is 0.147. The Morgan fingerprint density at radius 2 is 1.90 bits per heavy atom. The van der Waals surface area contributed by atoms with E-state index in [0.717, 1.165) is 12.0 Å². The zero-order chi connectivity index (χ0) is 29.5. The molecule has 39 heavy (non-hydrogen) atoms. The second-order valence-electron chi connectivity index (χ2n) is 11.7. The average molecular weight is 553 g/mol. The lowest BCUT2D eigenvalue weighted by molar-refractivity contribution is -0.157. The molecule has 0 amide bonds. The summed E-state index contributed by atoms with van der Waals surface area (Å²) in [6.45, 7) is 12.1. The number of aliphatic hydroxyl groups excluding tert-OH is 3. The van der Waals surface area contributed by atoms with Gasteiger partial charge < -0.3 is 34.6 Å². The minimum atomic E-state index is -1.41. The van der Waals surface area contributed by atoms with Gasteiger partial charge in [0.1, 0.15) is 17.8 Å². The monoisotopic (exact) mass is 552 g/mol. The Balaban J connectivity index is 2.11. The van der Waals surface area contributed by atoms with Crippen molar-refractivity contribution in [3.63, 3.8) is 0 Å². The molecule has 9 nitrogen and oxygen atoms in total.